The quantitative estimate of drug-likeness (QED) is 0.741. The summed E-state index contributed by atoms with van der Waals surface area (Å²) < 4.78 is 6.04. The van der Waals surface area contributed by atoms with Crippen LogP contribution in [0.2, 0.25) is 0 Å². The van der Waals surface area contributed by atoms with Crippen LogP contribution < -0.4 is 11.1 Å². The fourth-order valence-corrected chi connectivity index (χ4v) is 1.54. The van der Waals surface area contributed by atoms with Crippen LogP contribution in [0.5, 0.6) is 0 Å². The van der Waals surface area contributed by atoms with Crippen molar-refractivity contribution in [3.05, 3.63) is 11.5 Å². The van der Waals surface area contributed by atoms with E-state index in [-0.39, 0.29) is 30.0 Å². The highest BCUT2D eigenvalue weighted by molar-refractivity contribution is 5.92. The van der Waals surface area contributed by atoms with Crippen molar-refractivity contribution in [1.29, 1.82) is 0 Å². The van der Waals surface area contributed by atoms with Crippen LogP contribution in [0.3, 0.4) is 0 Å². The number of nitrogens with zero attached hydrogens (tertiary/aromatic N) is 2. The number of aryl methyl sites for hydroxylation is 1. The number of carbonyl (C=O) groups is 2. The molecule has 1 rings (SSSR count). The predicted molar refractivity (Wildman–Crippen MR) is 66.0 cm³/mol. The van der Waals surface area contributed by atoms with Crippen molar-refractivity contribution in [2.24, 2.45) is 0 Å². The monoisotopic (exact) mass is 254 g/mol. The van der Waals surface area contributed by atoms with Gasteiger partial charge in [0.05, 0.1) is 7.11 Å². The van der Waals surface area contributed by atoms with Gasteiger partial charge in [0.25, 0.3) is 0 Å². The van der Waals surface area contributed by atoms with Gasteiger partial charge >= 0.3 is 5.97 Å². The Morgan fingerprint density at radius 1 is 1.50 bits per heavy atom. The second-order valence-corrected chi connectivity index (χ2v) is 4.19. The minimum Gasteiger partial charge on any atom is -0.464 e. The molecule has 0 bridgehead atoms. The van der Waals surface area contributed by atoms with Crippen molar-refractivity contribution in [2.75, 3.05) is 12.8 Å². The summed E-state index contributed by atoms with van der Waals surface area (Å²) in [4.78, 5) is 27.0. The van der Waals surface area contributed by atoms with Crippen molar-refractivity contribution >= 4 is 17.7 Å². The molecule has 0 radical (unpaired) electrons. The average molecular weight is 254 g/mol. The second-order valence-electron chi connectivity index (χ2n) is 4.19. The smallest absolute Gasteiger partial charge is 0.360 e. The number of hydrogen-bond acceptors (Lipinski definition) is 5. The topological polar surface area (TPSA) is 99.2 Å². The maximum Gasteiger partial charge on any atom is 0.360 e. The number of carbonyl (C=O) groups excluding carboxylic acids is 2. The SMILES string of the molecule is COC(=O)c1nc(C)n(CC(=O)NC(C)C)c1N. The highest BCUT2D eigenvalue weighted by Gasteiger charge is 2.20. The fraction of sp³-hybridized carbons (Fsp3) is 0.545. The maximum atomic E-state index is 11.6. The first-order valence-electron chi connectivity index (χ1n) is 5.57. The van der Waals surface area contributed by atoms with E-state index >= 15 is 0 Å². The lowest BCUT2D eigenvalue weighted by molar-refractivity contribution is -0.122. The van der Waals surface area contributed by atoms with Crippen LogP contribution in [0.1, 0.15) is 30.2 Å². The largest absolute Gasteiger partial charge is 0.464 e. The van der Waals surface area contributed by atoms with Gasteiger partial charge in [0.1, 0.15) is 18.2 Å². The van der Waals surface area contributed by atoms with Crippen LogP contribution in [0, 0.1) is 6.92 Å². The molecule has 0 aliphatic carbocycles. The molecule has 0 atom stereocenters. The van der Waals surface area contributed by atoms with Crippen molar-refractivity contribution in [3.8, 4) is 0 Å². The fourth-order valence-electron chi connectivity index (χ4n) is 1.54. The summed E-state index contributed by atoms with van der Waals surface area (Å²) in [6.07, 6.45) is 0. The maximum absolute atomic E-state index is 11.6. The van der Waals surface area contributed by atoms with Gasteiger partial charge in [-0.05, 0) is 20.8 Å². The molecule has 7 nitrogen and oxygen atoms in total. The summed E-state index contributed by atoms with van der Waals surface area (Å²) in [7, 11) is 1.25. The zero-order valence-electron chi connectivity index (χ0n) is 11.0. The zero-order chi connectivity index (χ0) is 13.9. The molecule has 0 saturated heterocycles. The number of amides is 1. The third kappa shape index (κ3) is 2.99. The van der Waals surface area contributed by atoms with Crippen LogP contribution in [0.4, 0.5) is 5.82 Å². The summed E-state index contributed by atoms with van der Waals surface area (Å²) in [5.74, 6) is -0.169. The van der Waals surface area contributed by atoms with Gasteiger partial charge in [-0.2, -0.15) is 0 Å². The third-order valence-corrected chi connectivity index (χ3v) is 2.33. The van der Waals surface area contributed by atoms with Gasteiger partial charge in [0, 0.05) is 6.04 Å². The number of imidazole rings is 1. The minimum absolute atomic E-state index is 0.0276. The highest BCUT2D eigenvalue weighted by Crippen LogP contribution is 2.14. The Kier molecular flexibility index (Phi) is 4.30. The molecule has 0 aromatic carbocycles. The third-order valence-electron chi connectivity index (χ3n) is 2.33. The summed E-state index contributed by atoms with van der Waals surface area (Å²) in [6.45, 7) is 5.43. The van der Waals surface area contributed by atoms with Gasteiger partial charge in [-0.1, -0.05) is 0 Å². The number of esters is 1. The molecule has 3 N–H and O–H groups in total. The van der Waals surface area contributed by atoms with Gasteiger partial charge in [-0.3, -0.25) is 4.79 Å². The van der Waals surface area contributed by atoms with Crippen LogP contribution in [0.25, 0.3) is 0 Å². The van der Waals surface area contributed by atoms with E-state index in [2.05, 4.69) is 15.0 Å². The molecule has 1 amide bonds. The molecule has 0 spiro atoms. The summed E-state index contributed by atoms with van der Waals surface area (Å²) in [5.41, 5.74) is 5.81. The van der Waals surface area contributed by atoms with E-state index < -0.39 is 5.97 Å². The van der Waals surface area contributed by atoms with E-state index in [4.69, 9.17) is 5.73 Å². The highest BCUT2D eigenvalue weighted by atomic mass is 16.5. The van der Waals surface area contributed by atoms with E-state index in [1.54, 1.807) is 6.92 Å². The molecule has 1 heterocycles. The van der Waals surface area contributed by atoms with Crippen molar-refractivity contribution < 1.29 is 14.3 Å². The molecule has 0 saturated carbocycles. The van der Waals surface area contributed by atoms with E-state index in [0.29, 0.717) is 5.82 Å². The molecular weight excluding hydrogens is 236 g/mol. The van der Waals surface area contributed by atoms with Gasteiger partial charge in [0.15, 0.2) is 5.69 Å². The molecule has 1 aromatic heterocycles. The first-order chi connectivity index (χ1) is 8.36. The number of nitrogen functional groups attached to an aromatic ring is 1. The first kappa shape index (κ1) is 14.0. The number of methoxy groups -OCH3 is 1. The zero-order valence-corrected chi connectivity index (χ0v) is 11.0. The summed E-state index contributed by atoms with van der Waals surface area (Å²) in [6, 6.07) is 0.0441. The van der Waals surface area contributed by atoms with Crippen LogP contribution in [-0.4, -0.2) is 34.6 Å². The number of aromatic nitrogens is 2. The van der Waals surface area contributed by atoms with E-state index in [0.717, 1.165) is 0 Å². The Labute approximate surface area is 105 Å². The Morgan fingerprint density at radius 3 is 2.61 bits per heavy atom. The summed E-state index contributed by atoms with van der Waals surface area (Å²) >= 11 is 0. The Hall–Kier alpha value is -2.05. The van der Waals surface area contributed by atoms with E-state index in [1.807, 2.05) is 13.8 Å². The van der Waals surface area contributed by atoms with Crippen molar-refractivity contribution in [3.63, 3.8) is 0 Å². The number of anilines is 1. The van der Waals surface area contributed by atoms with Crippen molar-refractivity contribution in [2.45, 2.75) is 33.4 Å². The number of nitrogens with two attached hydrogens (primary N) is 1. The number of nitrogens with one attached hydrogen (secondary N) is 1. The van der Waals surface area contributed by atoms with Gasteiger partial charge in [-0.15, -0.1) is 0 Å². The Morgan fingerprint density at radius 2 is 2.11 bits per heavy atom. The standard InChI is InChI=1S/C11H18N4O3/c1-6(2)13-8(16)5-15-7(3)14-9(10(15)12)11(17)18-4/h6H,5,12H2,1-4H3,(H,13,16). The van der Waals surface area contributed by atoms with Gasteiger partial charge in [-0.25, -0.2) is 9.78 Å². The molecule has 0 fully saturated rings. The molecule has 0 aliphatic rings. The predicted octanol–water partition coefficient (Wildman–Crippen LogP) is 0.0849. The number of ether oxygens (including phenoxy) is 1. The molecular formula is C11H18N4O3. The van der Waals surface area contributed by atoms with Gasteiger partial charge in [0.2, 0.25) is 5.91 Å². The van der Waals surface area contributed by atoms with Gasteiger partial charge < -0.3 is 20.4 Å². The molecule has 0 aliphatic heterocycles. The minimum atomic E-state index is -0.612. The first-order valence-corrected chi connectivity index (χ1v) is 5.57. The van der Waals surface area contributed by atoms with Crippen molar-refractivity contribution in [1.82, 2.24) is 14.9 Å². The van der Waals surface area contributed by atoms with Crippen LogP contribution >= 0.6 is 0 Å². The average Bonchev–Trinajstić information content (AvgIpc) is 2.55. The number of hydrogen-bond donors (Lipinski definition) is 2. The Bertz CT molecular complexity index is 465. The lowest BCUT2D eigenvalue weighted by Gasteiger charge is -2.10. The Balaban J connectivity index is 2.93. The lowest BCUT2D eigenvalue weighted by atomic mass is 10.4. The van der Waals surface area contributed by atoms with E-state index in [9.17, 15) is 9.59 Å². The van der Waals surface area contributed by atoms with Crippen LogP contribution in [-0.2, 0) is 16.1 Å². The molecule has 1 aromatic rings. The second kappa shape index (κ2) is 5.52. The number of rotatable bonds is 4. The van der Waals surface area contributed by atoms with E-state index in [1.165, 1.54) is 11.7 Å². The molecule has 0 unspecified atom stereocenters. The molecule has 18 heavy (non-hydrogen) atoms. The van der Waals surface area contributed by atoms with Crippen LogP contribution in [0.15, 0.2) is 0 Å². The normalized spacial score (nSPS) is 10.5. The lowest BCUT2D eigenvalue weighted by Crippen LogP contribution is -2.33. The molecule has 7 heteroatoms. The summed E-state index contributed by atoms with van der Waals surface area (Å²) in [5, 5.41) is 2.74. The molecule has 100 valence electrons.